The molecule has 1 fully saturated rings. The number of aliphatic imine (C=N–C) groups is 1. The second-order valence-corrected chi connectivity index (χ2v) is 5.97. The van der Waals surface area contributed by atoms with Crippen LogP contribution in [0.4, 0.5) is 0 Å². The molecule has 0 radical (unpaired) electrons. The van der Waals surface area contributed by atoms with Crippen LogP contribution in [-0.2, 0) is 27.4 Å². The van der Waals surface area contributed by atoms with Gasteiger partial charge < -0.3 is 24.8 Å². The minimum atomic E-state index is 0.277. The van der Waals surface area contributed by atoms with E-state index in [1.54, 1.807) is 7.05 Å². The highest BCUT2D eigenvalue weighted by Crippen LogP contribution is 2.10. The molecule has 0 aromatic heterocycles. The highest BCUT2D eigenvalue weighted by atomic mass is 16.5. The van der Waals surface area contributed by atoms with E-state index in [2.05, 4.69) is 27.8 Å². The maximum absolute atomic E-state index is 5.76. The standard InChI is InChI=1S/C19H31N3O3/c1-3-23-14-17-8-5-4-7-16(17)13-22-19(20-2)21-10-6-11-25-18-9-12-24-15-18/h4-5,7-8,18H,3,6,9-15H2,1-2H3,(H2,20,21,22). The molecular formula is C19H31N3O3. The van der Waals surface area contributed by atoms with Crippen molar-refractivity contribution < 1.29 is 14.2 Å². The number of ether oxygens (including phenoxy) is 3. The molecule has 0 bridgehead atoms. The van der Waals surface area contributed by atoms with Crippen LogP contribution in [0.3, 0.4) is 0 Å². The van der Waals surface area contributed by atoms with Crippen molar-refractivity contribution in [3.63, 3.8) is 0 Å². The highest BCUT2D eigenvalue weighted by Gasteiger charge is 2.15. The van der Waals surface area contributed by atoms with Crippen molar-refractivity contribution in [2.45, 2.75) is 39.0 Å². The van der Waals surface area contributed by atoms with Gasteiger partial charge in [0.25, 0.3) is 0 Å². The number of benzene rings is 1. The third kappa shape index (κ3) is 7.42. The molecule has 0 aliphatic carbocycles. The monoisotopic (exact) mass is 349 g/mol. The molecule has 1 aliphatic heterocycles. The van der Waals surface area contributed by atoms with Crippen molar-refractivity contribution in [2.24, 2.45) is 4.99 Å². The molecule has 0 saturated carbocycles. The van der Waals surface area contributed by atoms with Gasteiger partial charge in [-0.25, -0.2) is 0 Å². The molecule has 2 rings (SSSR count). The average Bonchev–Trinajstić information content (AvgIpc) is 3.16. The van der Waals surface area contributed by atoms with Gasteiger partial charge in [-0.05, 0) is 30.9 Å². The van der Waals surface area contributed by atoms with E-state index in [9.17, 15) is 0 Å². The number of guanidine groups is 1. The van der Waals surface area contributed by atoms with Gasteiger partial charge >= 0.3 is 0 Å². The van der Waals surface area contributed by atoms with Gasteiger partial charge in [0.15, 0.2) is 5.96 Å². The zero-order valence-electron chi connectivity index (χ0n) is 15.4. The largest absolute Gasteiger partial charge is 0.379 e. The minimum absolute atomic E-state index is 0.277. The Morgan fingerprint density at radius 2 is 2.12 bits per heavy atom. The topological polar surface area (TPSA) is 64.1 Å². The Morgan fingerprint density at radius 1 is 1.28 bits per heavy atom. The number of nitrogens with one attached hydrogen (secondary N) is 2. The van der Waals surface area contributed by atoms with Crippen molar-refractivity contribution in [3.8, 4) is 0 Å². The van der Waals surface area contributed by atoms with Crippen LogP contribution in [0, 0.1) is 0 Å². The van der Waals surface area contributed by atoms with Crippen LogP contribution in [0.2, 0.25) is 0 Å². The maximum atomic E-state index is 5.76. The van der Waals surface area contributed by atoms with Crippen LogP contribution < -0.4 is 10.6 Å². The predicted molar refractivity (Wildman–Crippen MR) is 99.8 cm³/mol. The average molecular weight is 349 g/mol. The Morgan fingerprint density at radius 3 is 2.84 bits per heavy atom. The summed E-state index contributed by atoms with van der Waals surface area (Å²) >= 11 is 0. The summed E-state index contributed by atoms with van der Waals surface area (Å²) in [7, 11) is 1.79. The lowest BCUT2D eigenvalue weighted by molar-refractivity contribution is 0.0420. The van der Waals surface area contributed by atoms with Crippen LogP contribution in [0.1, 0.15) is 30.9 Å². The molecule has 1 heterocycles. The maximum Gasteiger partial charge on any atom is 0.191 e. The molecule has 1 aromatic rings. The first-order valence-corrected chi connectivity index (χ1v) is 9.12. The molecule has 6 heteroatoms. The normalized spacial score (nSPS) is 17.7. The molecule has 1 unspecified atom stereocenters. The Balaban J connectivity index is 1.66. The summed E-state index contributed by atoms with van der Waals surface area (Å²) in [5, 5.41) is 6.68. The van der Waals surface area contributed by atoms with Crippen LogP contribution >= 0.6 is 0 Å². The molecular weight excluding hydrogens is 318 g/mol. The predicted octanol–water partition coefficient (Wildman–Crippen LogP) is 2.08. The van der Waals surface area contributed by atoms with Gasteiger partial charge in [-0.2, -0.15) is 0 Å². The zero-order valence-corrected chi connectivity index (χ0v) is 15.4. The Labute approximate surface area is 151 Å². The molecule has 0 amide bonds. The van der Waals surface area contributed by atoms with Crippen molar-refractivity contribution >= 4 is 5.96 Å². The van der Waals surface area contributed by atoms with Crippen LogP contribution in [-0.4, -0.2) is 52.1 Å². The molecule has 25 heavy (non-hydrogen) atoms. The second-order valence-electron chi connectivity index (χ2n) is 5.97. The van der Waals surface area contributed by atoms with Gasteiger partial charge in [-0.15, -0.1) is 0 Å². The summed E-state index contributed by atoms with van der Waals surface area (Å²) in [5.74, 6) is 0.801. The lowest BCUT2D eigenvalue weighted by atomic mass is 10.1. The SMILES string of the molecule is CCOCc1ccccc1CNC(=NC)NCCCOC1CCOC1. The van der Waals surface area contributed by atoms with E-state index in [4.69, 9.17) is 14.2 Å². The fourth-order valence-electron chi connectivity index (χ4n) is 2.66. The van der Waals surface area contributed by atoms with Crippen LogP contribution in [0.25, 0.3) is 0 Å². The summed E-state index contributed by atoms with van der Waals surface area (Å²) in [6.07, 6.45) is 2.23. The molecule has 0 spiro atoms. The molecule has 2 N–H and O–H groups in total. The van der Waals surface area contributed by atoms with E-state index in [-0.39, 0.29) is 6.10 Å². The van der Waals surface area contributed by atoms with E-state index in [1.165, 1.54) is 11.1 Å². The number of nitrogens with zero attached hydrogens (tertiary/aromatic N) is 1. The smallest absolute Gasteiger partial charge is 0.191 e. The molecule has 6 nitrogen and oxygen atoms in total. The molecule has 1 atom stereocenters. The summed E-state index contributed by atoms with van der Waals surface area (Å²) in [6.45, 7) is 7.22. The van der Waals surface area contributed by atoms with Gasteiger partial charge in [0.1, 0.15) is 0 Å². The Bertz CT molecular complexity index is 516. The van der Waals surface area contributed by atoms with E-state index >= 15 is 0 Å². The number of hydrogen-bond donors (Lipinski definition) is 2. The van der Waals surface area contributed by atoms with Crippen LogP contribution in [0.15, 0.2) is 29.3 Å². The van der Waals surface area contributed by atoms with E-state index in [0.717, 1.165) is 58.3 Å². The van der Waals surface area contributed by atoms with Gasteiger partial charge in [-0.1, -0.05) is 24.3 Å². The quantitative estimate of drug-likeness (QED) is 0.385. The van der Waals surface area contributed by atoms with Crippen molar-refractivity contribution in [3.05, 3.63) is 35.4 Å². The fraction of sp³-hybridized carbons (Fsp3) is 0.632. The second kappa shape index (κ2) is 11.8. The zero-order chi connectivity index (χ0) is 17.7. The summed E-state index contributed by atoms with van der Waals surface area (Å²) in [6, 6.07) is 8.31. The molecule has 1 saturated heterocycles. The lowest BCUT2D eigenvalue weighted by Gasteiger charge is -2.15. The Kier molecular flexibility index (Phi) is 9.33. The summed E-state index contributed by atoms with van der Waals surface area (Å²) < 4.78 is 16.6. The van der Waals surface area contributed by atoms with Gasteiger partial charge in [0.2, 0.25) is 0 Å². The molecule has 1 aromatic carbocycles. The fourth-order valence-corrected chi connectivity index (χ4v) is 2.66. The number of hydrogen-bond acceptors (Lipinski definition) is 4. The third-order valence-corrected chi connectivity index (χ3v) is 4.10. The highest BCUT2D eigenvalue weighted by molar-refractivity contribution is 5.79. The van der Waals surface area contributed by atoms with Crippen molar-refractivity contribution in [1.29, 1.82) is 0 Å². The molecule has 140 valence electrons. The van der Waals surface area contributed by atoms with Crippen molar-refractivity contribution in [2.75, 3.05) is 40.0 Å². The Hall–Kier alpha value is -1.63. The van der Waals surface area contributed by atoms with E-state index < -0.39 is 0 Å². The first-order valence-electron chi connectivity index (χ1n) is 9.12. The van der Waals surface area contributed by atoms with Gasteiger partial charge in [0, 0.05) is 40.0 Å². The molecule has 1 aliphatic rings. The van der Waals surface area contributed by atoms with Gasteiger partial charge in [0.05, 0.1) is 19.3 Å². The first kappa shape index (κ1) is 19.7. The summed E-state index contributed by atoms with van der Waals surface area (Å²) in [4.78, 5) is 4.27. The van der Waals surface area contributed by atoms with Gasteiger partial charge in [-0.3, -0.25) is 4.99 Å². The first-order chi connectivity index (χ1) is 12.3. The summed E-state index contributed by atoms with van der Waals surface area (Å²) in [5.41, 5.74) is 2.43. The minimum Gasteiger partial charge on any atom is -0.379 e. The van der Waals surface area contributed by atoms with E-state index in [1.807, 2.05) is 19.1 Å². The third-order valence-electron chi connectivity index (χ3n) is 4.10. The van der Waals surface area contributed by atoms with E-state index in [0.29, 0.717) is 6.61 Å². The lowest BCUT2D eigenvalue weighted by Crippen LogP contribution is -2.37. The van der Waals surface area contributed by atoms with Crippen LogP contribution in [0.5, 0.6) is 0 Å². The van der Waals surface area contributed by atoms with Crippen molar-refractivity contribution in [1.82, 2.24) is 10.6 Å². The number of rotatable bonds is 10.